The fourth-order valence-corrected chi connectivity index (χ4v) is 3.46. The van der Waals surface area contributed by atoms with Crippen LogP contribution in [-0.2, 0) is 6.42 Å². The van der Waals surface area contributed by atoms with Gasteiger partial charge in [0.25, 0.3) is 0 Å². The topological polar surface area (TPSA) is 25.2 Å². The molecule has 2 nitrogen and oxygen atoms in total. The molecule has 0 saturated heterocycles. The zero-order valence-corrected chi connectivity index (χ0v) is 11.2. The highest BCUT2D eigenvalue weighted by Crippen LogP contribution is 2.34. The summed E-state index contributed by atoms with van der Waals surface area (Å²) < 4.78 is 2.42. The summed E-state index contributed by atoms with van der Waals surface area (Å²) in [6.45, 7) is 4.42. The Kier molecular flexibility index (Phi) is 3.65. The molecule has 3 heteroatoms. The highest BCUT2D eigenvalue weighted by Gasteiger charge is 2.24. The summed E-state index contributed by atoms with van der Waals surface area (Å²) in [5.74, 6) is 1.14. The van der Waals surface area contributed by atoms with Crippen molar-refractivity contribution in [2.24, 2.45) is 0 Å². The summed E-state index contributed by atoms with van der Waals surface area (Å²) in [5, 5.41) is 9.99. The lowest BCUT2D eigenvalue weighted by Crippen LogP contribution is -2.16. The molecule has 1 N–H and O–H groups in total. The predicted octanol–water partition coefficient (Wildman–Crippen LogP) is 3.09. The van der Waals surface area contributed by atoms with Crippen molar-refractivity contribution in [2.75, 3.05) is 12.0 Å². The number of thioether (sulfide) groups is 1. The van der Waals surface area contributed by atoms with Gasteiger partial charge in [0, 0.05) is 28.7 Å². The van der Waals surface area contributed by atoms with E-state index in [1.54, 1.807) is 0 Å². The Bertz CT molecular complexity index is 372. The van der Waals surface area contributed by atoms with E-state index in [4.69, 9.17) is 0 Å². The van der Waals surface area contributed by atoms with E-state index >= 15 is 0 Å². The van der Waals surface area contributed by atoms with Crippen LogP contribution in [0.15, 0.2) is 6.07 Å². The molecular weight excluding hydrogens is 218 g/mol. The van der Waals surface area contributed by atoms with Crippen molar-refractivity contribution in [3.05, 3.63) is 23.0 Å². The molecule has 0 radical (unpaired) electrons. The molecule has 16 heavy (non-hydrogen) atoms. The quantitative estimate of drug-likeness (QED) is 0.877. The number of aromatic nitrogens is 1. The SMILES string of the molecule is CSCC(C)n1c(C)cc2c1CCCC2O. The average molecular weight is 239 g/mol. The van der Waals surface area contributed by atoms with E-state index in [0.29, 0.717) is 6.04 Å². The van der Waals surface area contributed by atoms with E-state index in [-0.39, 0.29) is 6.10 Å². The second kappa shape index (κ2) is 4.84. The molecule has 1 aromatic heterocycles. The fourth-order valence-electron chi connectivity index (χ4n) is 2.83. The van der Waals surface area contributed by atoms with Crippen molar-refractivity contribution < 1.29 is 5.11 Å². The van der Waals surface area contributed by atoms with Gasteiger partial charge in [-0.1, -0.05) is 0 Å². The van der Waals surface area contributed by atoms with E-state index in [2.05, 4.69) is 30.7 Å². The fraction of sp³-hybridized carbons (Fsp3) is 0.692. The lowest BCUT2D eigenvalue weighted by molar-refractivity contribution is 0.155. The minimum absolute atomic E-state index is 0.231. The molecule has 0 saturated carbocycles. The van der Waals surface area contributed by atoms with Crippen molar-refractivity contribution in [3.8, 4) is 0 Å². The Morgan fingerprint density at radius 3 is 3.06 bits per heavy atom. The van der Waals surface area contributed by atoms with Gasteiger partial charge in [0.2, 0.25) is 0 Å². The van der Waals surface area contributed by atoms with E-state index in [1.807, 2.05) is 11.8 Å². The third-order valence-electron chi connectivity index (χ3n) is 3.47. The van der Waals surface area contributed by atoms with Gasteiger partial charge in [-0.3, -0.25) is 0 Å². The number of fused-ring (bicyclic) bond motifs is 1. The van der Waals surface area contributed by atoms with Gasteiger partial charge >= 0.3 is 0 Å². The number of rotatable bonds is 3. The van der Waals surface area contributed by atoms with Crippen molar-refractivity contribution in [2.45, 2.75) is 45.3 Å². The van der Waals surface area contributed by atoms with Crippen LogP contribution in [0.1, 0.15) is 48.9 Å². The van der Waals surface area contributed by atoms with E-state index in [0.717, 1.165) is 25.0 Å². The number of hydrogen-bond donors (Lipinski definition) is 1. The van der Waals surface area contributed by atoms with Crippen molar-refractivity contribution in [1.82, 2.24) is 4.57 Å². The summed E-state index contributed by atoms with van der Waals surface area (Å²) >= 11 is 1.88. The third kappa shape index (κ3) is 2.03. The van der Waals surface area contributed by atoms with E-state index < -0.39 is 0 Å². The molecule has 90 valence electrons. The van der Waals surface area contributed by atoms with Crippen LogP contribution < -0.4 is 0 Å². The van der Waals surface area contributed by atoms with Gasteiger partial charge in [-0.25, -0.2) is 0 Å². The van der Waals surface area contributed by atoms with Crippen LogP contribution in [-0.4, -0.2) is 21.7 Å². The number of aryl methyl sites for hydroxylation is 1. The minimum Gasteiger partial charge on any atom is -0.388 e. The summed E-state index contributed by atoms with van der Waals surface area (Å²) in [6.07, 6.45) is 5.08. The number of aliphatic hydroxyl groups excluding tert-OH is 1. The lowest BCUT2D eigenvalue weighted by Gasteiger charge is -2.23. The standard InChI is InChI=1S/C13H21NOS/c1-9-7-11-12(5-4-6-13(11)15)14(9)10(2)8-16-3/h7,10,13,15H,4-6,8H2,1-3H3. The second-order valence-electron chi connectivity index (χ2n) is 4.77. The summed E-state index contributed by atoms with van der Waals surface area (Å²) in [5.41, 5.74) is 3.85. The number of hydrogen-bond acceptors (Lipinski definition) is 2. The molecule has 1 heterocycles. The molecule has 2 atom stereocenters. The van der Waals surface area contributed by atoms with Crippen LogP contribution in [0.3, 0.4) is 0 Å². The Balaban J connectivity index is 2.38. The largest absolute Gasteiger partial charge is 0.388 e. The first-order valence-corrected chi connectivity index (χ1v) is 7.42. The Labute approximate surface area is 102 Å². The van der Waals surface area contributed by atoms with Gasteiger partial charge in [0.1, 0.15) is 0 Å². The Hall–Kier alpha value is -0.410. The summed E-state index contributed by atoms with van der Waals surface area (Å²) in [4.78, 5) is 0. The molecule has 1 aromatic rings. The van der Waals surface area contributed by atoms with Crippen molar-refractivity contribution >= 4 is 11.8 Å². The summed E-state index contributed by atoms with van der Waals surface area (Å²) in [6, 6.07) is 2.71. The van der Waals surface area contributed by atoms with Crippen molar-refractivity contribution in [1.29, 1.82) is 0 Å². The maximum absolute atomic E-state index is 9.99. The molecule has 0 bridgehead atoms. The smallest absolute Gasteiger partial charge is 0.0807 e. The van der Waals surface area contributed by atoms with Gasteiger partial charge in [-0.05, 0) is 45.4 Å². The predicted molar refractivity (Wildman–Crippen MR) is 70.2 cm³/mol. The van der Waals surface area contributed by atoms with Crippen LogP contribution >= 0.6 is 11.8 Å². The first kappa shape index (κ1) is 12.1. The van der Waals surface area contributed by atoms with Gasteiger partial charge in [-0.15, -0.1) is 0 Å². The molecule has 1 aliphatic carbocycles. The van der Waals surface area contributed by atoms with Crippen LogP contribution in [0, 0.1) is 6.92 Å². The molecular formula is C13H21NOS. The first-order chi connectivity index (χ1) is 7.65. The van der Waals surface area contributed by atoms with Crippen LogP contribution in [0.2, 0.25) is 0 Å². The van der Waals surface area contributed by atoms with Crippen LogP contribution in [0.5, 0.6) is 0 Å². The molecule has 0 aromatic carbocycles. The maximum Gasteiger partial charge on any atom is 0.0807 e. The number of nitrogens with zero attached hydrogens (tertiary/aromatic N) is 1. The van der Waals surface area contributed by atoms with Gasteiger partial charge < -0.3 is 9.67 Å². The van der Waals surface area contributed by atoms with Crippen LogP contribution in [0.4, 0.5) is 0 Å². The van der Waals surface area contributed by atoms with E-state index in [9.17, 15) is 5.11 Å². The minimum atomic E-state index is -0.231. The highest BCUT2D eigenvalue weighted by atomic mass is 32.2. The molecule has 0 fully saturated rings. The normalized spacial score (nSPS) is 21.9. The average Bonchev–Trinajstić information content (AvgIpc) is 2.56. The molecule has 1 aliphatic rings. The van der Waals surface area contributed by atoms with Crippen LogP contribution in [0.25, 0.3) is 0 Å². The lowest BCUT2D eigenvalue weighted by atomic mass is 9.95. The zero-order chi connectivity index (χ0) is 11.7. The second-order valence-corrected chi connectivity index (χ2v) is 5.68. The molecule has 0 amide bonds. The molecule has 2 unspecified atom stereocenters. The number of aliphatic hydroxyl groups is 1. The van der Waals surface area contributed by atoms with Crippen molar-refractivity contribution in [3.63, 3.8) is 0 Å². The van der Waals surface area contributed by atoms with Gasteiger partial charge in [0.05, 0.1) is 6.10 Å². The first-order valence-electron chi connectivity index (χ1n) is 6.02. The van der Waals surface area contributed by atoms with Gasteiger partial charge in [-0.2, -0.15) is 11.8 Å². The highest BCUT2D eigenvalue weighted by molar-refractivity contribution is 7.98. The summed E-state index contributed by atoms with van der Waals surface area (Å²) in [7, 11) is 0. The molecule has 2 rings (SSSR count). The molecule has 0 aliphatic heterocycles. The maximum atomic E-state index is 9.99. The zero-order valence-electron chi connectivity index (χ0n) is 10.4. The molecule has 0 spiro atoms. The Morgan fingerprint density at radius 1 is 1.62 bits per heavy atom. The Morgan fingerprint density at radius 2 is 2.38 bits per heavy atom. The third-order valence-corrected chi connectivity index (χ3v) is 4.28. The van der Waals surface area contributed by atoms with E-state index in [1.165, 1.54) is 17.0 Å². The van der Waals surface area contributed by atoms with Gasteiger partial charge in [0.15, 0.2) is 0 Å². The monoisotopic (exact) mass is 239 g/mol.